The van der Waals surface area contributed by atoms with Gasteiger partial charge >= 0.3 is 0 Å². The fraction of sp³-hybridized carbons (Fsp3) is 0.917. The van der Waals surface area contributed by atoms with Crippen molar-refractivity contribution in [2.24, 2.45) is 11.7 Å². The van der Waals surface area contributed by atoms with Crippen molar-refractivity contribution >= 4 is 5.91 Å². The third-order valence-corrected chi connectivity index (χ3v) is 3.60. The van der Waals surface area contributed by atoms with Crippen LogP contribution in [0.25, 0.3) is 0 Å². The number of carbonyl (C=O) groups excluding carboxylic acids is 1. The Balaban J connectivity index is 1.60. The second kappa shape index (κ2) is 5.64. The zero-order valence-corrected chi connectivity index (χ0v) is 9.86. The van der Waals surface area contributed by atoms with Gasteiger partial charge in [0.2, 0.25) is 5.91 Å². The third-order valence-electron chi connectivity index (χ3n) is 3.60. The molecule has 0 aromatic rings. The van der Waals surface area contributed by atoms with Crippen LogP contribution < -0.4 is 5.73 Å². The fourth-order valence-electron chi connectivity index (χ4n) is 2.40. The standard InChI is InChI=1S/C12H22N2O2/c13-7-10-8-14(9-10)12(15)5-4-11-3-1-2-6-16-11/h10-11H,1-9,13H2. The zero-order valence-electron chi connectivity index (χ0n) is 9.86. The van der Waals surface area contributed by atoms with Crippen molar-refractivity contribution in [2.75, 3.05) is 26.2 Å². The van der Waals surface area contributed by atoms with Gasteiger partial charge in [-0.1, -0.05) is 0 Å². The van der Waals surface area contributed by atoms with E-state index in [0.717, 1.165) is 32.5 Å². The van der Waals surface area contributed by atoms with E-state index in [4.69, 9.17) is 10.5 Å². The molecule has 0 saturated carbocycles. The molecule has 2 N–H and O–H groups in total. The van der Waals surface area contributed by atoms with Gasteiger partial charge in [-0.3, -0.25) is 4.79 Å². The van der Waals surface area contributed by atoms with Gasteiger partial charge in [0, 0.05) is 32.0 Å². The maximum Gasteiger partial charge on any atom is 0.222 e. The second-order valence-electron chi connectivity index (χ2n) is 4.93. The number of hydrogen-bond acceptors (Lipinski definition) is 3. The number of likely N-dealkylation sites (tertiary alicyclic amines) is 1. The van der Waals surface area contributed by atoms with Gasteiger partial charge in [-0.2, -0.15) is 0 Å². The van der Waals surface area contributed by atoms with Crippen LogP contribution in [-0.4, -0.2) is 43.2 Å². The Hall–Kier alpha value is -0.610. The van der Waals surface area contributed by atoms with E-state index in [-0.39, 0.29) is 5.91 Å². The molecule has 92 valence electrons. The van der Waals surface area contributed by atoms with Crippen LogP contribution in [0.3, 0.4) is 0 Å². The first-order chi connectivity index (χ1) is 7.79. The van der Waals surface area contributed by atoms with Crippen LogP contribution in [0.1, 0.15) is 32.1 Å². The molecule has 0 aromatic carbocycles. The van der Waals surface area contributed by atoms with Gasteiger partial charge in [0.1, 0.15) is 0 Å². The molecule has 2 saturated heterocycles. The van der Waals surface area contributed by atoms with Crippen LogP contribution in [0.15, 0.2) is 0 Å². The van der Waals surface area contributed by atoms with Crippen LogP contribution in [0.5, 0.6) is 0 Å². The first-order valence-electron chi connectivity index (χ1n) is 6.39. The fourth-order valence-corrected chi connectivity index (χ4v) is 2.40. The Bertz CT molecular complexity index is 233. The number of rotatable bonds is 4. The lowest BCUT2D eigenvalue weighted by Crippen LogP contribution is -2.52. The average Bonchev–Trinajstić information content (AvgIpc) is 2.26. The lowest BCUT2D eigenvalue weighted by Gasteiger charge is -2.39. The SMILES string of the molecule is NCC1CN(C(=O)CCC2CCCCO2)C1. The molecule has 4 heteroatoms. The number of amides is 1. The van der Waals surface area contributed by atoms with Crippen LogP contribution >= 0.6 is 0 Å². The molecule has 0 bridgehead atoms. The molecule has 1 unspecified atom stereocenters. The quantitative estimate of drug-likeness (QED) is 0.769. The highest BCUT2D eigenvalue weighted by Gasteiger charge is 2.29. The van der Waals surface area contributed by atoms with Gasteiger partial charge in [-0.25, -0.2) is 0 Å². The highest BCUT2D eigenvalue weighted by molar-refractivity contribution is 5.77. The second-order valence-corrected chi connectivity index (χ2v) is 4.93. The summed E-state index contributed by atoms with van der Waals surface area (Å²) >= 11 is 0. The summed E-state index contributed by atoms with van der Waals surface area (Å²) < 4.78 is 5.61. The predicted molar refractivity (Wildman–Crippen MR) is 61.9 cm³/mol. The van der Waals surface area contributed by atoms with Gasteiger partial charge in [0.25, 0.3) is 0 Å². The van der Waals surface area contributed by atoms with Gasteiger partial charge in [-0.15, -0.1) is 0 Å². The molecule has 4 nitrogen and oxygen atoms in total. The van der Waals surface area contributed by atoms with E-state index in [0.29, 0.717) is 25.0 Å². The van der Waals surface area contributed by atoms with E-state index in [1.54, 1.807) is 0 Å². The molecular formula is C12H22N2O2. The minimum atomic E-state index is 0.277. The Morgan fingerprint density at radius 3 is 2.81 bits per heavy atom. The third kappa shape index (κ3) is 2.95. The number of carbonyl (C=O) groups is 1. The summed E-state index contributed by atoms with van der Waals surface area (Å²) in [5.41, 5.74) is 5.53. The van der Waals surface area contributed by atoms with Crippen LogP contribution in [0.4, 0.5) is 0 Å². The Labute approximate surface area is 97.1 Å². The van der Waals surface area contributed by atoms with Gasteiger partial charge in [-0.05, 0) is 32.2 Å². The molecule has 0 radical (unpaired) electrons. The highest BCUT2D eigenvalue weighted by Crippen LogP contribution is 2.20. The van der Waals surface area contributed by atoms with Gasteiger partial charge in [0.15, 0.2) is 0 Å². The first-order valence-corrected chi connectivity index (χ1v) is 6.39. The van der Waals surface area contributed by atoms with E-state index in [1.807, 2.05) is 4.90 Å². The van der Waals surface area contributed by atoms with Crippen LogP contribution in [-0.2, 0) is 9.53 Å². The van der Waals surface area contributed by atoms with E-state index < -0.39 is 0 Å². The van der Waals surface area contributed by atoms with Crippen molar-refractivity contribution in [1.29, 1.82) is 0 Å². The van der Waals surface area contributed by atoms with E-state index in [1.165, 1.54) is 12.8 Å². The number of nitrogens with zero attached hydrogens (tertiary/aromatic N) is 1. The lowest BCUT2D eigenvalue weighted by atomic mass is 9.98. The molecule has 16 heavy (non-hydrogen) atoms. The molecule has 0 aliphatic carbocycles. The summed E-state index contributed by atoms with van der Waals surface area (Å²) in [6.07, 6.45) is 5.40. The summed E-state index contributed by atoms with van der Waals surface area (Å²) in [6.45, 7) is 3.30. The van der Waals surface area contributed by atoms with Crippen molar-refractivity contribution in [3.05, 3.63) is 0 Å². The van der Waals surface area contributed by atoms with Crippen molar-refractivity contribution in [2.45, 2.75) is 38.2 Å². The average molecular weight is 226 g/mol. The monoisotopic (exact) mass is 226 g/mol. The van der Waals surface area contributed by atoms with Crippen molar-refractivity contribution in [1.82, 2.24) is 4.90 Å². The smallest absolute Gasteiger partial charge is 0.222 e. The molecular weight excluding hydrogens is 204 g/mol. The summed E-state index contributed by atoms with van der Waals surface area (Å²) in [6, 6.07) is 0. The maximum atomic E-state index is 11.8. The van der Waals surface area contributed by atoms with Gasteiger partial charge in [0.05, 0.1) is 6.10 Å². The molecule has 2 rings (SSSR count). The van der Waals surface area contributed by atoms with E-state index in [2.05, 4.69) is 0 Å². The topological polar surface area (TPSA) is 55.6 Å². The summed E-state index contributed by atoms with van der Waals surface area (Å²) in [7, 11) is 0. The largest absolute Gasteiger partial charge is 0.378 e. The van der Waals surface area contributed by atoms with Crippen molar-refractivity contribution < 1.29 is 9.53 Å². The molecule has 2 fully saturated rings. The maximum absolute atomic E-state index is 11.8. The van der Waals surface area contributed by atoms with E-state index >= 15 is 0 Å². The van der Waals surface area contributed by atoms with Crippen molar-refractivity contribution in [3.63, 3.8) is 0 Å². The minimum absolute atomic E-state index is 0.277. The highest BCUT2D eigenvalue weighted by atomic mass is 16.5. The van der Waals surface area contributed by atoms with Crippen molar-refractivity contribution in [3.8, 4) is 0 Å². The number of hydrogen-bond donors (Lipinski definition) is 1. The van der Waals surface area contributed by atoms with Crippen LogP contribution in [0.2, 0.25) is 0 Å². The zero-order chi connectivity index (χ0) is 11.4. The Kier molecular flexibility index (Phi) is 4.18. The molecule has 0 spiro atoms. The Morgan fingerprint density at radius 1 is 1.38 bits per heavy atom. The molecule has 1 atom stereocenters. The Morgan fingerprint density at radius 2 is 2.19 bits per heavy atom. The summed E-state index contributed by atoms with van der Waals surface area (Å²) in [5, 5.41) is 0. The normalized spacial score (nSPS) is 26.6. The summed E-state index contributed by atoms with van der Waals surface area (Å²) in [4.78, 5) is 13.7. The minimum Gasteiger partial charge on any atom is -0.378 e. The van der Waals surface area contributed by atoms with E-state index in [9.17, 15) is 4.79 Å². The first kappa shape index (κ1) is 11.9. The molecule has 2 heterocycles. The number of nitrogens with two attached hydrogens (primary N) is 1. The van der Waals surface area contributed by atoms with Crippen LogP contribution in [0, 0.1) is 5.92 Å². The summed E-state index contributed by atoms with van der Waals surface area (Å²) in [5.74, 6) is 0.814. The molecule has 2 aliphatic rings. The molecule has 2 aliphatic heterocycles. The molecule has 0 aromatic heterocycles. The lowest BCUT2D eigenvalue weighted by molar-refractivity contribution is -0.138. The number of ether oxygens (including phenoxy) is 1. The predicted octanol–water partition coefficient (Wildman–Crippen LogP) is 0.753. The molecule has 1 amide bonds. The van der Waals surface area contributed by atoms with Gasteiger partial charge < -0.3 is 15.4 Å².